The molecule has 0 saturated carbocycles. The zero-order valence-electron chi connectivity index (χ0n) is 6.94. The smallest absolute Gasteiger partial charge is 0.150 e. The zero-order chi connectivity index (χ0) is 8.27. The molecule has 4 heteroatoms. The third-order valence-electron chi connectivity index (χ3n) is 1.59. The molecule has 1 aromatic heterocycles. The van der Waals surface area contributed by atoms with Gasteiger partial charge >= 0.3 is 0 Å². The van der Waals surface area contributed by atoms with Crippen molar-refractivity contribution in [1.82, 2.24) is 15.5 Å². The molecule has 0 bridgehead atoms. The number of nitrogens with two attached hydrogens (primary N) is 1. The molecular formula is C7H14N4. The van der Waals surface area contributed by atoms with Gasteiger partial charge in [0.15, 0.2) is 0 Å². The summed E-state index contributed by atoms with van der Waals surface area (Å²) in [5.41, 5.74) is 7.78. The highest BCUT2D eigenvalue weighted by Crippen LogP contribution is 2.17. The van der Waals surface area contributed by atoms with Crippen molar-refractivity contribution in [2.75, 3.05) is 5.73 Å². The number of H-pyrrole nitrogens is 1. The van der Waals surface area contributed by atoms with E-state index < -0.39 is 0 Å². The number of anilines is 1. The van der Waals surface area contributed by atoms with Gasteiger partial charge in [0.05, 0.1) is 5.69 Å². The van der Waals surface area contributed by atoms with Crippen molar-refractivity contribution >= 4 is 5.82 Å². The summed E-state index contributed by atoms with van der Waals surface area (Å²) in [6.07, 6.45) is 0. The van der Waals surface area contributed by atoms with Gasteiger partial charge in [0.2, 0.25) is 0 Å². The van der Waals surface area contributed by atoms with Crippen LogP contribution in [0.4, 0.5) is 5.82 Å². The second-order valence-electron chi connectivity index (χ2n) is 2.17. The minimum absolute atomic E-state index is 0.634. The van der Waals surface area contributed by atoms with E-state index in [1.54, 1.807) is 0 Å². The van der Waals surface area contributed by atoms with Crippen LogP contribution in [0.25, 0.3) is 0 Å². The normalized spacial score (nSPS) is 13.6. The van der Waals surface area contributed by atoms with E-state index in [2.05, 4.69) is 15.5 Å². The molecule has 62 valence electrons. The predicted octanol–water partition coefficient (Wildman–Crippen LogP) is 0.621. The summed E-state index contributed by atoms with van der Waals surface area (Å²) < 4.78 is 0. The first kappa shape index (κ1) is 8.07. The van der Waals surface area contributed by atoms with E-state index in [-0.39, 0.29) is 0 Å². The number of nitrogens with zero attached hydrogens (tertiary/aromatic N) is 1. The van der Waals surface area contributed by atoms with E-state index in [1.807, 2.05) is 13.8 Å². The van der Waals surface area contributed by atoms with Crippen molar-refractivity contribution in [2.45, 2.75) is 26.9 Å². The van der Waals surface area contributed by atoms with Crippen LogP contribution in [0.5, 0.6) is 0 Å². The topological polar surface area (TPSA) is 66.7 Å². The SMILES string of the molecule is CC.Nc1n[nH]c2c1CNC2. The summed E-state index contributed by atoms with van der Waals surface area (Å²) in [4.78, 5) is 0. The Labute approximate surface area is 66.2 Å². The highest BCUT2D eigenvalue weighted by Gasteiger charge is 2.14. The molecular weight excluding hydrogens is 140 g/mol. The molecule has 11 heavy (non-hydrogen) atoms. The molecule has 0 unspecified atom stereocenters. The van der Waals surface area contributed by atoms with Crippen LogP contribution >= 0.6 is 0 Å². The quantitative estimate of drug-likeness (QED) is 0.513. The second-order valence-corrected chi connectivity index (χ2v) is 2.17. The number of nitrogen functional groups attached to an aromatic ring is 1. The molecule has 2 heterocycles. The van der Waals surface area contributed by atoms with Crippen molar-refractivity contribution in [3.05, 3.63) is 11.3 Å². The summed E-state index contributed by atoms with van der Waals surface area (Å²) in [5, 5.41) is 9.86. The lowest BCUT2D eigenvalue weighted by molar-refractivity contribution is 0.743. The highest BCUT2D eigenvalue weighted by atomic mass is 15.2. The standard InChI is InChI=1S/C5H8N4.C2H6/c6-5-3-1-7-2-4(3)8-9-5;1-2/h7H,1-2H2,(H3,6,8,9);1-2H3. The monoisotopic (exact) mass is 154 g/mol. The molecule has 1 aliphatic rings. The Morgan fingerprint density at radius 2 is 2.09 bits per heavy atom. The maximum absolute atomic E-state index is 5.51. The Morgan fingerprint density at radius 1 is 1.36 bits per heavy atom. The lowest BCUT2D eigenvalue weighted by Gasteiger charge is -1.86. The molecule has 0 radical (unpaired) electrons. The molecule has 0 saturated heterocycles. The van der Waals surface area contributed by atoms with E-state index in [0.29, 0.717) is 5.82 Å². The van der Waals surface area contributed by atoms with Gasteiger partial charge in [-0.1, -0.05) is 13.8 Å². The van der Waals surface area contributed by atoms with E-state index in [0.717, 1.165) is 24.3 Å². The molecule has 1 aromatic rings. The molecule has 0 aromatic carbocycles. The largest absolute Gasteiger partial charge is 0.382 e. The van der Waals surface area contributed by atoms with Crippen molar-refractivity contribution < 1.29 is 0 Å². The third kappa shape index (κ3) is 1.35. The summed E-state index contributed by atoms with van der Waals surface area (Å²) in [6.45, 7) is 5.73. The average Bonchev–Trinajstić information content (AvgIpc) is 2.60. The fourth-order valence-corrected chi connectivity index (χ4v) is 1.07. The minimum atomic E-state index is 0.634. The lowest BCUT2D eigenvalue weighted by Crippen LogP contribution is -2.03. The van der Waals surface area contributed by atoms with Gasteiger partial charge in [0, 0.05) is 18.7 Å². The van der Waals surface area contributed by atoms with Gasteiger partial charge in [-0.25, -0.2) is 0 Å². The molecule has 2 rings (SSSR count). The van der Waals surface area contributed by atoms with E-state index in [1.165, 1.54) is 0 Å². The average molecular weight is 154 g/mol. The number of hydrogen-bond acceptors (Lipinski definition) is 3. The first-order chi connectivity index (χ1) is 5.38. The van der Waals surface area contributed by atoms with Crippen LogP contribution in [-0.4, -0.2) is 10.2 Å². The minimum Gasteiger partial charge on any atom is -0.382 e. The summed E-state index contributed by atoms with van der Waals surface area (Å²) in [7, 11) is 0. The maximum Gasteiger partial charge on any atom is 0.150 e. The Bertz CT molecular complexity index is 228. The van der Waals surface area contributed by atoms with Gasteiger partial charge < -0.3 is 11.1 Å². The Balaban J connectivity index is 0.000000281. The van der Waals surface area contributed by atoms with Crippen LogP contribution in [0.2, 0.25) is 0 Å². The second kappa shape index (κ2) is 3.39. The number of nitrogens with one attached hydrogen (secondary N) is 2. The predicted molar refractivity (Wildman–Crippen MR) is 44.9 cm³/mol. The summed E-state index contributed by atoms with van der Waals surface area (Å²) in [5.74, 6) is 0.634. The van der Waals surface area contributed by atoms with Crippen molar-refractivity contribution in [3.8, 4) is 0 Å². The first-order valence-corrected chi connectivity index (χ1v) is 3.90. The van der Waals surface area contributed by atoms with Crippen LogP contribution in [-0.2, 0) is 13.1 Å². The number of hydrogen-bond donors (Lipinski definition) is 3. The van der Waals surface area contributed by atoms with E-state index in [9.17, 15) is 0 Å². The first-order valence-electron chi connectivity index (χ1n) is 3.90. The van der Waals surface area contributed by atoms with Crippen LogP contribution in [0.15, 0.2) is 0 Å². The van der Waals surface area contributed by atoms with Gasteiger partial charge in [-0.2, -0.15) is 5.10 Å². The van der Waals surface area contributed by atoms with E-state index in [4.69, 9.17) is 5.73 Å². The maximum atomic E-state index is 5.51. The molecule has 1 aliphatic heterocycles. The Hall–Kier alpha value is -1.03. The number of aromatic amines is 1. The van der Waals surface area contributed by atoms with E-state index >= 15 is 0 Å². The van der Waals surface area contributed by atoms with Gasteiger partial charge in [0.25, 0.3) is 0 Å². The molecule has 0 fully saturated rings. The molecule has 0 aliphatic carbocycles. The van der Waals surface area contributed by atoms with Crippen molar-refractivity contribution in [3.63, 3.8) is 0 Å². The third-order valence-corrected chi connectivity index (χ3v) is 1.59. The Morgan fingerprint density at radius 3 is 2.73 bits per heavy atom. The number of fused-ring (bicyclic) bond motifs is 1. The fraction of sp³-hybridized carbons (Fsp3) is 0.571. The number of aromatic nitrogens is 2. The van der Waals surface area contributed by atoms with Gasteiger partial charge in [-0.05, 0) is 0 Å². The van der Waals surface area contributed by atoms with Crippen LogP contribution in [0.3, 0.4) is 0 Å². The van der Waals surface area contributed by atoms with Crippen LogP contribution in [0.1, 0.15) is 25.1 Å². The Kier molecular flexibility index (Phi) is 2.48. The van der Waals surface area contributed by atoms with Crippen LogP contribution < -0.4 is 11.1 Å². The molecule has 0 atom stereocenters. The van der Waals surface area contributed by atoms with Gasteiger partial charge in [0.1, 0.15) is 5.82 Å². The molecule has 4 nitrogen and oxygen atoms in total. The molecule has 0 spiro atoms. The number of rotatable bonds is 0. The van der Waals surface area contributed by atoms with Gasteiger partial charge in [-0.15, -0.1) is 0 Å². The van der Waals surface area contributed by atoms with Crippen LogP contribution in [0, 0.1) is 0 Å². The van der Waals surface area contributed by atoms with Crippen molar-refractivity contribution in [1.29, 1.82) is 0 Å². The fourth-order valence-electron chi connectivity index (χ4n) is 1.07. The highest BCUT2D eigenvalue weighted by molar-refractivity contribution is 5.43. The molecule has 4 N–H and O–H groups in total. The summed E-state index contributed by atoms with van der Waals surface area (Å²) >= 11 is 0. The van der Waals surface area contributed by atoms with Gasteiger partial charge in [-0.3, -0.25) is 5.10 Å². The lowest BCUT2D eigenvalue weighted by atomic mass is 10.3. The molecule has 0 amide bonds. The summed E-state index contributed by atoms with van der Waals surface area (Å²) in [6, 6.07) is 0. The zero-order valence-corrected chi connectivity index (χ0v) is 6.94. The van der Waals surface area contributed by atoms with Crippen molar-refractivity contribution in [2.24, 2.45) is 0 Å².